The first-order valence-electron chi connectivity index (χ1n) is 6.89. The molecule has 0 aromatic heterocycles. The molecular formula is C19H16BrN. The molecule has 1 nitrogen and oxygen atoms in total. The van der Waals surface area contributed by atoms with Crippen LogP contribution in [0.25, 0.3) is 11.1 Å². The molecule has 0 radical (unpaired) electrons. The van der Waals surface area contributed by atoms with Gasteiger partial charge in [0.05, 0.1) is 0 Å². The molecule has 21 heavy (non-hydrogen) atoms. The molecule has 0 unspecified atom stereocenters. The van der Waals surface area contributed by atoms with Crippen LogP contribution >= 0.6 is 15.9 Å². The first kappa shape index (κ1) is 13.9. The molecule has 2 heteroatoms. The van der Waals surface area contributed by atoms with E-state index in [-0.39, 0.29) is 0 Å². The molecular weight excluding hydrogens is 322 g/mol. The average Bonchev–Trinajstić information content (AvgIpc) is 2.56. The summed E-state index contributed by atoms with van der Waals surface area (Å²) >= 11 is 3.58. The highest BCUT2D eigenvalue weighted by Gasteiger charge is 2.11. The van der Waals surface area contributed by atoms with Gasteiger partial charge in [-0.2, -0.15) is 0 Å². The lowest BCUT2D eigenvalue weighted by Crippen LogP contribution is -2.10. The van der Waals surface area contributed by atoms with Crippen LogP contribution in [0.4, 0.5) is 11.4 Å². The van der Waals surface area contributed by atoms with Gasteiger partial charge in [0.2, 0.25) is 0 Å². The zero-order valence-electron chi connectivity index (χ0n) is 11.8. The lowest BCUT2D eigenvalue weighted by atomic mass is 10.0. The van der Waals surface area contributed by atoms with Crippen LogP contribution in [0.1, 0.15) is 0 Å². The van der Waals surface area contributed by atoms with Crippen LogP contribution in [0.2, 0.25) is 0 Å². The van der Waals surface area contributed by atoms with Gasteiger partial charge in [0.15, 0.2) is 0 Å². The van der Waals surface area contributed by atoms with Crippen molar-refractivity contribution in [2.24, 2.45) is 0 Å². The number of para-hydroxylation sites is 1. The summed E-state index contributed by atoms with van der Waals surface area (Å²) in [6.07, 6.45) is 0. The first-order valence-corrected chi connectivity index (χ1v) is 7.69. The minimum atomic E-state index is 1.09. The van der Waals surface area contributed by atoms with E-state index in [2.05, 4.69) is 94.6 Å². The Balaban J connectivity index is 2.11. The molecule has 0 saturated heterocycles. The highest BCUT2D eigenvalue weighted by molar-refractivity contribution is 9.10. The van der Waals surface area contributed by atoms with Crippen molar-refractivity contribution in [1.29, 1.82) is 0 Å². The number of halogens is 1. The molecule has 0 bridgehead atoms. The van der Waals surface area contributed by atoms with Crippen LogP contribution in [0.5, 0.6) is 0 Å². The van der Waals surface area contributed by atoms with Crippen molar-refractivity contribution in [1.82, 2.24) is 0 Å². The summed E-state index contributed by atoms with van der Waals surface area (Å²) in [4.78, 5) is 2.22. The quantitative estimate of drug-likeness (QED) is 0.576. The molecule has 0 aliphatic rings. The van der Waals surface area contributed by atoms with Crippen molar-refractivity contribution >= 4 is 27.3 Å². The summed E-state index contributed by atoms with van der Waals surface area (Å²) in [6, 6.07) is 27.3. The Bertz CT molecular complexity index is 723. The Kier molecular flexibility index (Phi) is 4.07. The second-order valence-electron chi connectivity index (χ2n) is 4.92. The standard InChI is InChI=1S/C19H16BrN/c1-21(17-10-6-3-7-11-17)19-13-12-16(20)14-18(19)15-8-4-2-5-9-15/h2-14H,1H3. The first-order chi connectivity index (χ1) is 10.3. The van der Waals surface area contributed by atoms with E-state index >= 15 is 0 Å². The van der Waals surface area contributed by atoms with Crippen LogP contribution in [0, 0.1) is 0 Å². The summed E-state index contributed by atoms with van der Waals surface area (Å²) in [7, 11) is 2.10. The van der Waals surface area contributed by atoms with Crippen molar-refractivity contribution < 1.29 is 0 Å². The highest BCUT2D eigenvalue weighted by Crippen LogP contribution is 2.35. The topological polar surface area (TPSA) is 3.24 Å². The molecule has 0 saturated carbocycles. The van der Waals surface area contributed by atoms with E-state index in [4.69, 9.17) is 0 Å². The third-order valence-corrected chi connectivity index (χ3v) is 4.04. The van der Waals surface area contributed by atoms with Crippen LogP contribution in [0.3, 0.4) is 0 Å². The van der Waals surface area contributed by atoms with Crippen molar-refractivity contribution in [3.05, 3.63) is 83.3 Å². The van der Waals surface area contributed by atoms with Crippen LogP contribution in [0.15, 0.2) is 83.3 Å². The Morgan fingerprint density at radius 3 is 2.05 bits per heavy atom. The van der Waals surface area contributed by atoms with Crippen molar-refractivity contribution in [3.8, 4) is 11.1 Å². The fraction of sp³-hybridized carbons (Fsp3) is 0.0526. The number of anilines is 2. The van der Waals surface area contributed by atoms with Gasteiger partial charge in [0.1, 0.15) is 0 Å². The zero-order chi connectivity index (χ0) is 14.7. The van der Waals surface area contributed by atoms with Gasteiger partial charge in [-0.25, -0.2) is 0 Å². The van der Waals surface area contributed by atoms with Gasteiger partial charge in [0, 0.05) is 28.5 Å². The van der Waals surface area contributed by atoms with E-state index in [1.807, 2.05) is 12.1 Å². The monoisotopic (exact) mass is 337 g/mol. The van der Waals surface area contributed by atoms with Crippen molar-refractivity contribution in [2.75, 3.05) is 11.9 Å². The summed E-state index contributed by atoms with van der Waals surface area (Å²) in [5.74, 6) is 0. The summed E-state index contributed by atoms with van der Waals surface area (Å²) in [5.41, 5.74) is 4.81. The fourth-order valence-electron chi connectivity index (χ4n) is 2.44. The molecule has 0 aliphatic heterocycles. The van der Waals surface area contributed by atoms with Gasteiger partial charge in [-0.3, -0.25) is 0 Å². The van der Waals surface area contributed by atoms with Crippen LogP contribution in [-0.4, -0.2) is 7.05 Å². The number of hydrogen-bond acceptors (Lipinski definition) is 1. The minimum Gasteiger partial charge on any atom is -0.344 e. The third kappa shape index (κ3) is 3.01. The summed E-state index contributed by atoms with van der Waals surface area (Å²) < 4.78 is 1.09. The van der Waals surface area contributed by atoms with E-state index in [1.165, 1.54) is 22.5 Å². The number of nitrogens with zero attached hydrogens (tertiary/aromatic N) is 1. The third-order valence-electron chi connectivity index (χ3n) is 3.55. The molecule has 0 N–H and O–H groups in total. The smallest absolute Gasteiger partial charge is 0.0488 e. The van der Waals surface area contributed by atoms with Gasteiger partial charge < -0.3 is 4.90 Å². The molecule has 3 rings (SSSR count). The Hall–Kier alpha value is -2.06. The van der Waals surface area contributed by atoms with Gasteiger partial charge in [-0.1, -0.05) is 64.5 Å². The van der Waals surface area contributed by atoms with E-state index in [9.17, 15) is 0 Å². The molecule has 0 heterocycles. The predicted octanol–water partition coefficient (Wildman–Crippen LogP) is 5.88. The van der Waals surface area contributed by atoms with E-state index < -0.39 is 0 Å². The summed E-state index contributed by atoms with van der Waals surface area (Å²) in [5, 5.41) is 0. The lowest BCUT2D eigenvalue weighted by molar-refractivity contribution is 1.21. The molecule has 0 spiro atoms. The fourth-order valence-corrected chi connectivity index (χ4v) is 2.80. The maximum Gasteiger partial charge on any atom is 0.0488 e. The lowest BCUT2D eigenvalue weighted by Gasteiger charge is -2.23. The van der Waals surface area contributed by atoms with E-state index in [1.54, 1.807) is 0 Å². The average molecular weight is 338 g/mol. The molecule has 0 atom stereocenters. The van der Waals surface area contributed by atoms with Gasteiger partial charge >= 0.3 is 0 Å². The Morgan fingerprint density at radius 1 is 0.762 bits per heavy atom. The second kappa shape index (κ2) is 6.15. The predicted molar refractivity (Wildman–Crippen MR) is 94.1 cm³/mol. The van der Waals surface area contributed by atoms with Crippen LogP contribution < -0.4 is 4.90 Å². The maximum absolute atomic E-state index is 3.58. The van der Waals surface area contributed by atoms with Crippen molar-refractivity contribution in [2.45, 2.75) is 0 Å². The molecule has 0 amide bonds. The summed E-state index contributed by atoms with van der Waals surface area (Å²) in [6.45, 7) is 0. The number of rotatable bonds is 3. The largest absolute Gasteiger partial charge is 0.344 e. The normalized spacial score (nSPS) is 10.4. The molecule has 0 fully saturated rings. The Morgan fingerprint density at radius 2 is 1.38 bits per heavy atom. The van der Waals surface area contributed by atoms with E-state index in [0.29, 0.717) is 0 Å². The second-order valence-corrected chi connectivity index (χ2v) is 5.84. The number of benzene rings is 3. The zero-order valence-corrected chi connectivity index (χ0v) is 13.4. The van der Waals surface area contributed by atoms with E-state index in [0.717, 1.165) is 4.47 Å². The number of hydrogen-bond donors (Lipinski definition) is 0. The molecule has 104 valence electrons. The van der Waals surface area contributed by atoms with Gasteiger partial charge in [0.25, 0.3) is 0 Å². The van der Waals surface area contributed by atoms with Gasteiger partial charge in [-0.05, 0) is 35.9 Å². The Labute approximate surface area is 134 Å². The van der Waals surface area contributed by atoms with Crippen LogP contribution in [-0.2, 0) is 0 Å². The van der Waals surface area contributed by atoms with Gasteiger partial charge in [-0.15, -0.1) is 0 Å². The van der Waals surface area contributed by atoms with Crippen molar-refractivity contribution in [3.63, 3.8) is 0 Å². The molecule has 0 aliphatic carbocycles. The maximum atomic E-state index is 3.58. The highest BCUT2D eigenvalue weighted by atomic mass is 79.9. The minimum absolute atomic E-state index is 1.09. The molecule has 3 aromatic carbocycles. The molecule has 3 aromatic rings. The SMILES string of the molecule is CN(c1ccccc1)c1ccc(Br)cc1-c1ccccc1.